The van der Waals surface area contributed by atoms with Crippen molar-refractivity contribution in [3.8, 4) is 11.1 Å². The van der Waals surface area contributed by atoms with Crippen LogP contribution in [0.5, 0.6) is 0 Å². The molecular formula is C11H8N4. The van der Waals surface area contributed by atoms with Crippen molar-refractivity contribution >= 4 is 10.9 Å². The second kappa shape index (κ2) is 3.16. The van der Waals surface area contributed by atoms with Crippen LogP contribution in [0.15, 0.2) is 43.1 Å². The van der Waals surface area contributed by atoms with E-state index in [-0.39, 0.29) is 0 Å². The molecule has 4 nitrogen and oxygen atoms in total. The van der Waals surface area contributed by atoms with E-state index in [0.717, 1.165) is 22.0 Å². The maximum absolute atomic E-state index is 3.99. The minimum absolute atomic E-state index is 1.01. The monoisotopic (exact) mass is 196 g/mol. The Labute approximate surface area is 86.0 Å². The molecule has 1 N–H and O–H groups in total. The molecule has 2 aromatic heterocycles. The van der Waals surface area contributed by atoms with E-state index in [1.165, 1.54) is 6.33 Å². The lowest BCUT2D eigenvalue weighted by atomic mass is 10.1. The van der Waals surface area contributed by atoms with Crippen LogP contribution in [0.25, 0.3) is 22.0 Å². The molecule has 72 valence electrons. The SMILES string of the molecule is c1ncc(-c2ccc3[nH]ncc3c2)cn1. The Morgan fingerprint density at radius 2 is 1.80 bits per heavy atom. The molecule has 4 heteroatoms. The lowest BCUT2D eigenvalue weighted by molar-refractivity contribution is 1.12. The van der Waals surface area contributed by atoms with E-state index in [1.807, 2.05) is 18.3 Å². The van der Waals surface area contributed by atoms with Gasteiger partial charge in [-0.05, 0) is 17.7 Å². The van der Waals surface area contributed by atoms with Crippen LogP contribution in [0.2, 0.25) is 0 Å². The second-order valence-electron chi connectivity index (χ2n) is 3.30. The molecule has 3 rings (SSSR count). The Bertz CT molecular complexity index is 586. The van der Waals surface area contributed by atoms with E-state index < -0.39 is 0 Å². The predicted molar refractivity (Wildman–Crippen MR) is 57.1 cm³/mol. The van der Waals surface area contributed by atoms with Crippen molar-refractivity contribution < 1.29 is 0 Å². The van der Waals surface area contributed by atoms with Crippen LogP contribution in [-0.2, 0) is 0 Å². The maximum Gasteiger partial charge on any atom is 0.115 e. The Kier molecular flexibility index (Phi) is 1.71. The number of nitrogens with zero attached hydrogens (tertiary/aromatic N) is 3. The van der Waals surface area contributed by atoms with Crippen LogP contribution in [0.3, 0.4) is 0 Å². The summed E-state index contributed by atoms with van der Waals surface area (Å²) >= 11 is 0. The van der Waals surface area contributed by atoms with Gasteiger partial charge in [0.15, 0.2) is 0 Å². The number of aromatic amines is 1. The van der Waals surface area contributed by atoms with Gasteiger partial charge >= 0.3 is 0 Å². The Hall–Kier alpha value is -2.23. The van der Waals surface area contributed by atoms with Gasteiger partial charge in [0.2, 0.25) is 0 Å². The quantitative estimate of drug-likeness (QED) is 0.647. The van der Waals surface area contributed by atoms with E-state index in [4.69, 9.17) is 0 Å². The number of benzene rings is 1. The summed E-state index contributed by atoms with van der Waals surface area (Å²) in [4.78, 5) is 7.99. The minimum Gasteiger partial charge on any atom is -0.278 e. The minimum atomic E-state index is 1.01. The second-order valence-corrected chi connectivity index (χ2v) is 3.30. The van der Waals surface area contributed by atoms with Gasteiger partial charge in [0.05, 0.1) is 11.7 Å². The lowest BCUT2D eigenvalue weighted by Crippen LogP contribution is -1.81. The summed E-state index contributed by atoms with van der Waals surface area (Å²) in [5, 5.41) is 7.99. The number of nitrogens with one attached hydrogen (secondary N) is 1. The first kappa shape index (κ1) is 8.11. The number of fused-ring (bicyclic) bond motifs is 1. The standard InChI is InChI=1S/C11H8N4/c1-2-11-9(6-14-15-11)3-8(1)10-4-12-7-13-5-10/h1-7H,(H,14,15). The molecule has 0 aliphatic rings. The summed E-state index contributed by atoms with van der Waals surface area (Å²) in [6.07, 6.45) is 6.94. The van der Waals surface area contributed by atoms with Crippen molar-refractivity contribution in [1.29, 1.82) is 0 Å². The lowest BCUT2D eigenvalue weighted by Gasteiger charge is -1.99. The summed E-state index contributed by atoms with van der Waals surface area (Å²) in [7, 11) is 0. The number of H-pyrrole nitrogens is 1. The number of rotatable bonds is 1. The molecule has 0 amide bonds. The molecule has 0 radical (unpaired) electrons. The van der Waals surface area contributed by atoms with Crippen LogP contribution < -0.4 is 0 Å². The molecule has 1 aromatic carbocycles. The molecule has 15 heavy (non-hydrogen) atoms. The summed E-state index contributed by atoms with van der Waals surface area (Å²) in [5.74, 6) is 0. The van der Waals surface area contributed by atoms with Gasteiger partial charge in [0.1, 0.15) is 6.33 Å². The molecule has 0 saturated carbocycles. The van der Waals surface area contributed by atoms with E-state index in [9.17, 15) is 0 Å². The highest BCUT2D eigenvalue weighted by Crippen LogP contribution is 2.21. The summed E-state index contributed by atoms with van der Waals surface area (Å²) < 4.78 is 0. The van der Waals surface area contributed by atoms with Crippen LogP contribution in [0, 0.1) is 0 Å². The molecule has 0 atom stereocenters. The Morgan fingerprint density at radius 1 is 0.933 bits per heavy atom. The summed E-state index contributed by atoms with van der Waals surface area (Å²) in [5.41, 5.74) is 3.15. The highest BCUT2D eigenvalue weighted by atomic mass is 15.1. The molecule has 0 unspecified atom stereocenters. The van der Waals surface area contributed by atoms with Crippen molar-refractivity contribution in [2.24, 2.45) is 0 Å². The van der Waals surface area contributed by atoms with Crippen molar-refractivity contribution in [1.82, 2.24) is 20.2 Å². The predicted octanol–water partition coefficient (Wildman–Crippen LogP) is 2.02. The first-order chi connectivity index (χ1) is 7.43. The van der Waals surface area contributed by atoms with Gasteiger partial charge in [-0.3, -0.25) is 5.10 Å². The molecule has 0 bridgehead atoms. The van der Waals surface area contributed by atoms with Gasteiger partial charge in [0.25, 0.3) is 0 Å². The third-order valence-corrected chi connectivity index (χ3v) is 2.33. The zero-order valence-electron chi connectivity index (χ0n) is 7.88. The summed E-state index contributed by atoms with van der Waals surface area (Å²) in [6, 6.07) is 6.10. The van der Waals surface area contributed by atoms with Crippen LogP contribution in [0.4, 0.5) is 0 Å². The third kappa shape index (κ3) is 1.36. The van der Waals surface area contributed by atoms with Gasteiger partial charge in [-0.15, -0.1) is 0 Å². The van der Waals surface area contributed by atoms with Crippen LogP contribution in [-0.4, -0.2) is 20.2 Å². The van der Waals surface area contributed by atoms with Crippen molar-refractivity contribution in [3.63, 3.8) is 0 Å². The highest BCUT2D eigenvalue weighted by molar-refractivity contribution is 5.83. The van der Waals surface area contributed by atoms with Gasteiger partial charge in [0, 0.05) is 23.3 Å². The fourth-order valence-electron chi connectivity index (χ4n) is 1.57. The molecular weight excluding hydrogens is 188 g/mol. The van der Waals surface area contributed by atoms with Crippen molar-refractivity contribution in [2.45, 2.75) is 0 Å². The fraction of sp³-hybridized carbons (Fsp3) is 0. The first-order valence-corrected chi connectivity index (χ1v) is 4.62. The Morgan fingerprint density at radius 3 is 2.67 bits per heavy atom. The number of hydrogen-bond acceptors (Lipinski definition) is 3. The van der Waals surface area contributed by atoms with Crippen LogP contribution >= 0.6 is 0 Å². The molecule has 0 fully saturated rings. The molecule has 0 aliphatic carbocycles. The maximum atomic E-state index is 3.99. The molecule has 3 aromatic rings. The Balaban J connectivity index is 2.19. The molecule has 0 aliphatic heterocycles. The smallest absolute Gasteiger partial charge is 0.115 e. The van der Waals surface area contributed by atoms with Crippen molar-refractivity contribution in [2.75, 3.05) is 0 Å². The molecule has 2 heterocycles. The largest absolute Gasteiger partial charge is 0.278 e. The van der Waals surface area contributed by atoms with Crippen molar-refractivity contribution in [3.05, 3.63) is 43.1 Å². The van der Waals surface area contributed by atoms with Gasteiger partial charge in [-0.1, -0.05) is 6.07 Å². The van der Waals surface area contributed by atoms with Crippen LogP contribution in [0.1, 0.15) is 0 Å². The fourth-order valence-corrected chi connectivity index (χ4v) is 1.57. The first-order valence-electron chi connectivity index (χ1n) is 4.62. The van der Waals surface area contributed by atoms with E-state index >= 15 is 0 Å². The summed E-state index contributed by atoms with van der Waals surface area (Å²) in [6.45, 7) is 0. The van der Waals surface area contributed by atoms with E-state index in [2.05, 4.69) is 26.2 Å². The van der Waals surface area contributed by atoms with Gasteiger partial charge < -0.3 is 0 Å². The van der Waals surface area contributed by atoms with E-state index in [1.54, 1.807) is 12.4 Å². The zero-order valence-corrected chi connectivity index (χ0v) is 7.88. The van der Waals surface area contributed by atoms with Gasteiger partial charge in [-0.25, -0.2) is 9.97 Å². The van der Waals surface area contributed by atoms with Gasteiger partial charge in [-0.2, -0.15) is 5.10 Å². The van der Waals surface area contributed by atoms with E-state index in [0.29, 0.717) is 0 Å². The highest BCUT2D eigenvalue weighted by Gasteiger charge is 2.00. The topological polar surface area (TPSA) is 54.5 Å². The average molecular weight is 196 g/mol. The molecule has 0 spiro atoms. The normalized spacial score (nSPS) is 10.7. The number of aromatic nitrogens is 4. The third-order valence-electron chi connectivity index (χ3n) is 2.33. The molecule has 0 saturated heterocycles. The zero-order chi connectivity index (χ0) is 10.1. The number of hydrogen-bond donors (Lipinski definition) is 1. The average Bonchev–Trinajstić information content (AvgIpc) is 2.77.